The Hall–Kier alpha value is -0.560. The summed E-state index contributed by atoms with van der Waals surface area (Å²) in [6, 6.07) is 4.93. The summed E-state index contributed by atoms with van der Waals surface area (Å²) in [7, 11) is 0. The van der Waals surface area contributed by atoms with Crippen LogP contribution in [0.2, 0.25) is 0 Å². The van der Waals surface area contributed by atoms with Gasteiger partial charge in [-0.2, -0.15) is 0 Å². The van der Waals surface area contributed by atoms with E-state index in [1.54, 1.807) is 6.07 Å². The van der Waals surface area contributed by atoms with Gasteiger partial charge in [0.15, 0.2) is 0 Å². The van der Waals surface area contributed by atoms with E-state index in [0.29, 0.717) is 11.8 Å². The number of hydrogen-bond donors (Lipinski definition) is 0. The van der Waals surface area contributed by atoms with Crippen molar-refractivity contribution in [1.82, 2.24) is 0 Å². The van der Waals surface area contributed by atoms with Gasteiger partial charge in [0.2, 0.25) is 0 Å². The molecule has 2 rings (SSSR count). The SMILES string of the molecule is CC1c2ccc(F)cc2C(Cl)C1C. The third-order valence-corrected chi connectivity index (χ3v) is 3.72. The minimum Gasteiger partial charge on any atom is -0.207 e. The van der Waals surface area contributed by atoms with Gasteiger partial charge in [-0.15, -0.1) is 11.6 Å². The fraction of sp³-hybridized carbons (Fsp3) is 0.455. The standard InChI is InChI=1S/C11H12ClF/c1-6-7(2)11(12)10-5-8(13)3-4-9(6)10/h3-7,11H,1-2H3. The average Bonchev–Trinajstić information content (AvgIpc) is 2.32. The normalized spacial score (nSPS) is 31.8. The molecule has 0 amide bonds. The van der Waals surface area contributed by atoms with Gasteiger partial charge >= 0.3 is 0 Å². The van der Waals surface area contributed by atoms with Gasteiger partial charge in [0, 0.05) is 0 Å². The molecule has 0 aromatic heterocycles. The third kappa shape index (κ3) is 1.26. The zero-order valence-corrected chi connectivity index (χ0v) is 8.48. The molecule has 1 aromatic carbocycles. The molecule has 70 valence electrons. The maximum Gasteiger partial charge on any atom is 0.123 e. The second-order valence-electron chi connectivity index (χ2n) is 3.82. The lowest BCUT2D eigenvalue weighted by Crippen LogP contribution is -2.00. The first kappa shape index (κ1) is 9.01. The van der Waals surface area contributed by atoms with Crippen LogP contribution < -0.4 is 0 Å². The fourth-order valence-electron chi connectivity index (χ4n) is 2.02. The highest BCUT2D eigenvalue weighted by atomic mass is 35.5. The number of fused-ring (bicyclic) bond motifs is 1. The predicted molar refractivity (Wildman–Crippen MR) is 52.6 cm³/mol. The van der Waals surface area contributed by atoms with Gasteiger partial charge in [-0.1, -0.05) is 19.9 Å². The van der Waals surface area contributed by atoms with E-state index in [4.69, 9.17) is 11.6 Å². The van der Waals surface area contributed by atoms with Crippen LogP contribution in [-0.2, 0) is 0 Å². The van der Waals surface area contributed by atoms with E-state index in [1.165, 1.54) is 11.6 Å². The molecule has 3 unspecified atom stereocenters. The summed E-state index contributed by atoms with van der Waals surface area (Å²) < 4.78 is 12.9. The van der Waals surface area contributed by atoms with Crippen molar-refractivity contribution in [2.75, 3.05) is 0 Å². The van der Waals surface area contributed by atoms with Gasteiger partial charge in [-0.05, 0) is 35.1 Å². The molecule has 0 bridgehead atoms. The van der Waals surface area contributed by atoms with Crippen LogP contribution in [0, 0.1) is 11.7 Å². The van der Waals surface area contributed by atoms with E-state index < -0.39 is 0 Å². The molecule has 0 nitrogen and oxygen atoms in total. The Kier molecular flexibility index (Phi) is 2.07. The Morgan fingerprint density at radius 3 is 2.62 bits per heavy atom. The first-order valence-electron chi connectivity index (χ1n) is 4.54. The molecule has 1 aliphatic carbocycles. The van der Waals surface area contributed by atoms with Crippen molar-refractivity contribution in [3.05, 3.63) is 35.1 Å². The molecule has 0 spiro atoms. The van der Waals surface area contributed by atoms with Crippen LogP contribution >= 0.6 is 11.6 Å². The Morgan fingerprint density at radius 2 is 1.92 bits per heavy atom. The van der Waals surface area contributed by atoms with Gasteiger partial charge in [-0.25, -0.2) is 4.39 Å². The third-order valence-electron chi connectivity index (χ3n) is 3.09. The van der Waals surface area contributed by atoms with E-state index in [2.05, 4.69) is 13.8 Å². The van der Waals surface area contributed by atoms with Crippen molar-refractivity contribution < 1.29 is 4.39 Å². The number of rotatable bonds is 0. The second kappa shape index (κ2) is 2.98. The first-order chi connectivity index (χ1) is 6.11. The number of benzene rings is 1. The minimum atomic E-state index is -0.189. The molecule has 3 atom stereocenters. The monoisotopic (exact) mass is 198 g/mol. The quantitative estimate of drug-likeness (QED) is 0.556. The number of halogens is 2. The Morgan fingerprint density at radius 1 is 1.23 bits per heavy atom. The van der Waals surface area contributed by atoms with Crippen LogP contribution in [0.1, 0.15) is 36.3 Å². The van der Waals surface area contributed by atoms with E-state index in [-0.39, 0.29) is 11.2 Å². The predicted octanol–water partition coefficient (Wildman–Crippen LogP) is 3.86. The Labute approximate surface area is 82.7 Å². The van der Waals surface area contributed by atoms with Gasteiger partial charge in [0.1, 0.15) is 5.82 Å². The molecule has 1 aromatic rings. The van der Waals surface area contributed by atoms with Crippen molar-refractivity contribution in [3.63, 3.8) is 0 Å². The summed E-state index contributed by atoms with van der Waals surface area (Å²) in [5.41, 5.74) is 2.18. The molecule has 0 saturated carbocycles. The fourth-order valence-corrected chi connectivity index (χ4v) is 2.43. The smallest absolute Gasteiger partial charge is 0.123 e. The molecule has 0 radical (unpaired) electrons. The maximum atomic E-state index is 12.9. The van der Waals surface area contributed by atoms with Crippen molar-refractivity contribution in [2.24, 2.45) is 5.92 Å². The van der Waals surface area contributed by atoms with Gasteiger partial charge < -0.3 is 0 Å². The Bertz CT molecular complexity index is 335. The maximum absolute atomic E-state index is 12.9. The van der Waals surface area contributed by atoms with E-state index in [0.717, 1.165) is 5.56 Å². The van der Waals surface area contributed by atoms with Crippen molar-refractivity contribution in [3.8, 4) is 0 Å². The van der Waals surface area contributed by atoms with Gasteiger partial charge in [0.25, 0.3) is 0 Å². The van der Waals surface area contributed by atoms with Crippen LogP contribution in [0.3, 0.4) is 0 Å². The first-order valence-corrected chi connectivity index (χ1v) is 4.98. The van der Waals surface area contributed by atoms with Gasteiger partial charge in [0.05, 0.1) is 5.38 Å². The minimum absolute atomic E-state index is 0.0271. The van der Waals surface area contributed by atoms with Crippen molar-refractivity contribution in [2.45, 2.75) is 25.1 Å². The largest absolute Gasteiger partial charge is 0.207 e. The zero-order chi connectivity index (χ0) is 9.59. The summed E-state index contributed by atoms with van der Waals surface area (Å²) in [6.07, 6.45) is 0. The lowest BCUT2D eigenvalue weighted by molar-refractivity contribution is 0.518. The summed E-state index contributed by atoms with van der Waals surface area (Å²) in [6.45, 7) is 4.25. The molecule has 0 N–H and O–H groups in total. The van der Waals surface area contributed by atoms with Crippen LogP contribution in [-0.4, -0.2) is 0 Å². The molecule has 0 aliphatic heterocycles. The van der Waals surface area contributed by atoms with Crippen LogP contribution in [0.5, 0.6) is 0 Å². The highest BCUT2D eigenvalue weighted by Gasteiger charge is 2.33. The van der Waals surface area contributed by atoms with E-state index in [9.17, 15) is 4.39 Å². The summed E-state index contributed by atoms with van der Waals surface area (Å²) in [4.78, 5) is 0. The number of hydrogen-bond acceptors (Lipinski definition) is 0. The second-order valence-corrected chi connectivity index (χ2v) is 4.29. The Balaban J connectivity index is 2.54. The molecule has 13 heavy (non-hydrogen) atoms. The van der Waals surface area contributed by atoms with Crippen LogP contribution in [0.15, 0.2) is 18.2 Å². The van der Waals surface area contributed by atoms with E-state index in [1.807, 2.05) is 6.07 Å². The van der Waals surface area contributed by atoms with Gasteiger partial charge in [-0.3, -0.25) is 0 Å². The van der Waals surface area contributed by atoms with E-state index >= 15 is 0 Å². The molecule has 0 saturated heterocycles. The average molecular weight is 199 g/mol. The van der Waals surface area contributed by atoms with Crippen LogP contribution in [0.4, 0.5) is 4.39 Å². The lowest BCUT2D eigenvalue weighted by atomic mass is 9.96. The molecule has 1 aliphatic rings. The molecule has 0 fully saturated rings. The summed E-state index contributed by atoms with van der Waals surface area (Å²) in [5.74, 6) is 0.655. The molecular weight excluding hydrogens is 187 g/mol. The lowest BCUT2D eigenvalue weighted by Gasteiger charge is -2.11. The molecular formula is C11H12ClF. The summed E-state index contributed by atoms with van der Waals surface area (Å²) in [5, 5.41) is -0.0271. The number of alkyl halides is 1. The molecule has 2 heteroatoms. The molecule has 0 heterocycles. The highest BCUT2D eigenvalue weighted by molar-refractivity contribution is 6.21. The zero-order valence-electron chi connectivity index (χ0n) is 7.72. The van der Waals surface area contributed by atoms with Crippen molar-refractivity contribution >= 4 is 11.6 Å². The van der Waals surface area contributed by atoms with Crippen molar-refractivity contribution in [1.29, 1.82) is 0 Å². The highest BCUT2D eigenvalue weighted by Crippen LogP contribution is 2.48. The topological polar surface area (TPSA) is 0 Å². The summed E-state index contributed by atoms with van der Waals surface area (Å²) >= 11 is 6.19. The van der Waals surface area contributed by atoms with Crippen LogP contribution in [0.25, 0.3) is 0 Å².